The van der Waals surface area contributed by atoms with Crippen LogP contribution in [-0.4, -0.2) is 9.97 Å². The molecule has 1 aromatic heterocycles. The van der Waals surface area contributed by atoms with Gasteiger partial charge in [0.15, 0.2) is 0 Å². The lowest BCUT2D eigenvalue weighted by Gasteiger charge is -2.12. The van der Waals surface area contributed by atoms with E-state index in [4.69, 9.17) is 10.7 Å². The lowest BCUT2D eigenvalue weighted by Crippen LogP contribution is -2.08. The molecule has 2 atom stereocenters. The topological polar surface area (TPSA) is 51.8 Å². The molecule has 0 bridgehead atoms. The zero-order chi connectivity index (χ0) is 12.0. The van der Waals surface area contributed by atoms with Crippen LogP contribution in [0.1, 0.15) is 62.4 Å². The van der Waals surface area contributed by atoms with E-state index in [-0.39, 0.29) is 0 Å². The SMILES string of the molecule is CC1CCC(c2nc(N)c(Br)c(C3CC3)n2)C1. The van der Waals surface area contributed by atoms with E-state index in [0.717, 1.165) is 21.9 Å². The average Bonchev–Trinajstić information content (AvgIpc) is 3.05. The molecule has 0 radical (unpaired) electrons. The largest absolute Gasteiger partial charge is 0.383 e. The van der Waals surface area contributed by atoms with Gasteiger partial charge in [0.2, 0.25) is 0 Å². The molecule has 0 amide bonds. The summed E-state index contributed by atoms with van der Waals surface area (Å²) >= 11 is 3.53. The van der Waals surface area contributed by atoms with Gasteiger partial charge in [0.25, 0.3) is 0 Å². The normalized spacial score (nSPS) is 28.6. The Morgan fingerprint density at radius 3 is 2.41 bits per heavy atom. The van der Waals surface area contributed by atoms with Crippen LogP contribution in [0.4, 0.5) is 5.82 Å². The number of hydrogen-bond acceptors (Lipinski definition) is 3. The summed E-state index contributed by atoms with van der Waals surface area (Å²) in [5.41, 5.74) is 7.14. The zero-order valence-electron chi connectivity index (χ0n) is 10.1. The molecule has 2 aliphatic rings. The van der Waals surface area contributed by atoms with E-state index in [0.29, 0.717) is 17.7 Å². The monoisotopic (exact) mass is 295 g/mol. The van der Waals surface area contributed by atoms with Crippen LogP contribution < -0.4 is 5.73 Å². The Morgan fingerprint density at radius 2 is 1.82 bits per heavy atom. The number of aromatic nitrogens is 2. The van der Waals surface area contributed by atoms with E-state index in [1.165, 1.54) is 32.1 Å². The summed E-state index contributed by atoms with van der Waals surface area (Å²) in [6.07, 6.45) is 6.21. The fourth-order valence-electron chi connectivity index (χ4n) is 2.75. The predicted octanol–water partition coefficient (Wildman–Crippen LogP) is 3.60. The molecule has 3 rings (SSSR count). The first-order valence-corrected chi connectivity index (χ1v) is 7.27. The number of nitrogen functional groups attached to an aromatic ring is 1. The fraction of sp³-hybridized carbons (Fsp3) is 0.692. The molecule has 2 unspecified atom stereocenters. The summed E-state index contributed by atoms with van der Waals surface area (Å²) in [5.74, 6) is 3.55. The maximum absolute atomic E-state index is 5.99. The van der Waals surface area contributed by atoms with E-state index < -0.39 is 0 Å². The van der Waals surface area contributed by atoms with Crippen LogP contribution in [0.25, 0.3) is 0 Å². The minimum absolute atomic E-state index is 0.526. The van der Waals surface area contributed by atoms with Crippen LogP contribution in [-0.2, 0) is 0 Å². The first-order valence-electron chi connectivity index (χ1n) is 6.48. The second-order valence-electron chi connectivity index (χ2n) is 5.56. The van der Waals surface area contributed by atoms with Crippen LogP contribution in [0.2, 0.25) is 0 Å². The van der Waals surface area contributed by atoms with Gasteiger partial charge >= 0.3 is 0 Å². The Kier molecular flexibility index (Phi) is 2.85. The minimum Gasteiger partial charge on any atom is -0.383 e. The van der Waals surface area contributed by atoms with Gasteiger partial charge in [-0.2, -0.15) is 0 Å². The Bertz CT molecular complexity index is 443. The summed E-state index contributed by atoms with van der Waals surface area (Å²) in [5, 5.41) is 0. The van der Waals surface area contributed by atoms with Crippen molar-refractivity contribution in [3.8, 4) is 0 Å². The van der Waals surface area contributed by atoms with Gasteiger partial charge in [-0.15, -0.1) is 0 Å². The summed E-state index contributed by atoms with van der Waals surface area (Å²) in [4.78, 5) is 9.25. The molecule has 2 aliphatic carbocycles. The lowest BCUT2D eigenvalue weighted by molar-refractivity contribution is 0.584. The number of anilines is 1. The van der Waals surface area contributed by atoms with Crippen LogP contribution in [0.3, 0.4) is 0 Å². The second kappa shape index (κ2) is 4.23. The third-order valence-electron chi connectivity index (χ3n) is 3.94. The van der Waals surface area contributed by atoms with Crippen molar-refractivity contribution in [2.24, 2.45) is 5.92 Å². The molecule has 2 saturated carbocycles. The van der Waals surface area contributed by atoms with E-state index in [2.05, 4.69) is 27.8 Å². The molecule has 0 aliphatic heterocycles. The highest BCUT2D eigenvalue weighted by Gasteiger charge is 2.31. The third kappa shape index (κ3) is 2.19. The van der Waals surface area contributed by atoms with E-state index in [9.17, 15) is 0 Å². The maximum Gasteiger partial charge on any atom is 0.141 e. The van der Waals surface area contributed by atoms with Crippen molar-refractivity contribution >= 4 is 21.7 Å². The van der Waals surface area contributed by atoms with Crippen molar-refractivity contribution in [1.82, 2.24) is 9.97 Å². The standard InChI is InChI=1S/C13H18BrN3/c1-7-2-3-9(6-7)13-16-11(8-4-5-8)10(14)12(15)17-13/h7-9H,2-6H2,1H3,(H2,15,16,17). The predicted molar refractivity (Wildman–Crippen MR) is 71.9 cm³/mol. The third-order valence-corrected chi connectivity index (χ3v) is 4.76. The molecule has 17 heavy (non-hydrogen) atoms. The van der Waals surface area contributed by atoms with Crippen molar-refractivity contribution in [3.63, 3.8) is 0 Å². The average molecular weight is 296 g/mol. The highest BCUT2D eigenvalue weighted by Crippen LogP contribution is 2.45. The van der Waals surface area contributed by atoms with E-state index in [1.807, 2.05) is 0 Å². The van der Waals surface area contributed by atoms with Gasteiger partial charge in [0.1, 0.15) is 11.6 Å². The number of rotatable bonds is 2. The van der Waals surface area contributed by atoms with Gasteiger partial charge in [-0.05, 0) is 54.0 Å². The minimum atomic E-state index is 0.526. The summed E-state index contributed by atoms with van der Waals surface area (Å²) < 4.78 is 0.926. The van der Waals surface area contributed by atoms with Crippen LogP contribution in [0.5, 0.6) is 0 Å². The quantitative estimate of drug-likeness (QED) is 0.907. The number of hydrogen-bond donors (Lipinski definition) is 1. The molecule has 4 heteroatoms. The summed E-state index contributed by atoms with van der Waals surface area (Å²) in [6.45, 7) is 2.31. The van der Waals surface area contributed by atoms with Gasteiger partial charge in [-0.1, -0.05) is 6.92 Å². The lowest BCUT2D eigenvalue weighted by atomic mass is 10.1. The molecule has 92 valence electrons. The van der Waals surface area contributed by atoms with E-state index in [1.54, 1.807) is 0 Å². The molecule has 3 nitrogen and oxygen atoms in total. The maximum atomic E-state index is 5.99. The van der Waals surface area contributed by atoms with E-state index >= 15 is 0 Å². The number of nitrogens with two attached hydrogens (primary N) is 1. The smallest absolute Gasteiger partial charge is 0.141 e. The van der Waals surface area contributed by atoms with Crippen LogP contribution >= 0.6 is 15.9 Å². The Hall–Kier alpha value is -0.640. The van der Waals surface area contributed by atoms with Crippen molar-refractivity contribution < 1.29 is 0 Å². The molecular weight excluding hydrogens is 278 g/mol. The highest BCUT2D eigenvalue weighted by molar-refractivity contribution is 9.10. The Balaban J connectivity index is 1.94. The molecule has 0 aromatic carbocycles. The van der Waals surface area contributed by atoms with Crippen molar-refractivity contribution in [2.75, 3.05) is 5.73 Å². The van der Waals surface area contributed by atoms with Crippen LogP contribution in [0.15, 0.2) is 4.47 Å². The van der Waals surface area contributed by atoms with Gasteiger partial charge in [-0.3, -0.25) is 0 Å². The molecule has 1 aromatic rings. The van der Waals surface area contributed by atoms with Gasteiger partial charge < -0.3 is 5.73 Å². The molecule has 1 heterocycles. The van der Waals surface area contributed by atoms with Gasteiger partial charge in [0.05, 0.1) is 10.2 Å². The number of halogens is 1. The first-order chi connectivity index (χ1) is 8.15. The first kappa shape index (κ1) is 11.5. The zero-order valence-corrected chi connectivity index (χ0v) is 11.7. The molecule has 2 fully saturated rings. The van der Waals surface area contributed by atoms with Crippen LogP contribution in [0, 0.1) is 5.92 Å². The summed E-state index contributed by atoms with van der Waals surface area (Å²) in [6, 6.07) is 0. The van der Waals surface area contributed by atoms with Gasteiger partial charge in [0, 0.05) is 11.8 Å². The number of nitrogens with zero attached hydrogens (tertiary/aromatic N) is 2. The van der Waals surface area contributed by atoms with Crippen molar-refractivity contribution in [3.05, 3.63) is 16.0 Å². The van der Waals surface area contributed by atoms with Gasteiger partial charge in [-0.25, -0.2) is 9.97 Å². The second-order valence-corrected chi connectivity index (χ2v) is 6.35. The molecule has 2 N–H and O–H groups in total. The fourth-order valence-corrected chi connectivity index (χ4v) is 3.25. The van der Waals surface area contributed by atoms with Crippen molar-refractivity contribution in [2.45, 2.75) is 50.9 Å². The van der Waals surface area contributed by atoms with Crippen molar-refractivity contribution in [1.29, 1.82) is 0 Å². The Morgan fingerprint density at radius 1 is 1.12 bits per heavy atom. The molecule has 0 saturated heterocycles. The summed E-state index contributed by atoms with van der Waals surface area (Å²) in [7, 11) is 0. The highest BCUT2D eigenvalue weighted by atomic mass is 79.9. The molecule has 0 spiro atoms. The molecular formula is C13H18BrN3. The Labute approximate surface area is 110 Å².